The number of hydrogen-bond donors (Lipinski definition) is 1. The number of piperidine rings is 1. The molecule has 1 saturated heterocycles. The van der Waals surface area contributed by atoms with Gasteiger partial charge < -0.3 is 15.4 Å². The van der Waals surface area contributed by atoms with E-state index >= 15 is 0 Å². The summed E-state index contributed by atoms with van der Waals surface area (Å²) >= 11 is 0. The van der Waals surface area contributed by atoms with Crippen LogP contribution >= 0.6 is 0 Å². The van der Waals surface area contributed by atoms with Crippen molar-refractivity contribution in [2.75, 3.05) is 13.1 Å². The molecule has 2 atom stereocenters. The second kappa shape index (κ2) is 6.29. The molecule has 22 heavy (non-hydrogen) atoms. The van der Waals surface area contributed by atoms with Gasteiger partial charge in [-0.15, -0.1) is 0 Å². The first-order valence-electron chi connectivity index (χ1n) is 7.97. The van der Waals surface area contributed by atoms with Crippen LogP contribution in [-0.2, 0) is 4.74 Å². The first-order chi connectivity index (χ1) is 10.2. The van der Waals surface area contributed by atoms with E-state index in [1.807, 2.05) is 20.8 Å². The Labute approximate surface area is 133 Å². The van der Waals surface area contributed by atoms with Crippen LogP contribution in [0.3, 0.4) is 0 Å². The number of benzene rings is 1. The Morgan fingerprint density at radius 1 is 1.23 bits per heavy atom. The van der Waals surface area contributed by atoms with Gasteiger partial charge in [0.1, 0.15) is 5.60 Å². The van der Waals surface area contributed by atoms with Crippen LogP contribution in [-0.4, -0.2) is 35.7 Å². The molecule has 0 spiro atoms. The fourth-order valence-electron chi connectivity index (χ4n) is 3.11. The molecule has 1 aromatic rings. The first-order valence-corrected chi connectivity index (χ1v) is 7.97. The van der Waals surface area contributed by atoms with Crippen molar-refractivity contribution < 1.29 is 9.53 Å². The van der Waals surface area contributed by atoms with Gasteiger partial charge in [-0.3, -0.25) is 0 Å². The molecule has 0 aliphatic carbocycles. The summed E-state index contributed by atoms with van der Waals surface area (Å²) in [7, 11) is 0. The van der Waals surface area contributed by atoms with Crippen LogP contribution in [0.1, 0.15) is 49.8 Å². The molecule has 0 unspecified atom stereocenters. The van der Waals surface area contributed by atoms with Crippen LogP contribution in [0.15, 0.2) is 18.2 Å². The SMILES string of the molecule is Cc1cc(C)cc([C@H]2CCN(C(=O)OC(C)(C)C)C[C@@H]2N)c1. The van der Waals surface area contributed by atoms with Gasteiger partial charge >= 0.3 is 6.09 Å². The van der Waals surface area contributed by atoms with Gasteiger partial charge in [0.2, 0.25) is 0 Å². The van der Waals surface area contributed by atoms with E-state index in [1.54, 1.807) is 4.90 Å². The fourth-order valence-corrected chi connectivity index (χ4v) is 3.11. The van der Waals surface area contributed by atoms with Crippen LogP contribution in [0.2, 0.25) is 0 Å². The molecule has 1 aliphatic rings. The normalized spacial score (nSPS) is 22.5. The number of aryl methyl sites for hydroxylation is 2. The highest BCUT2D eigenvalue weighted by atomic mass is 16.6. The topological polar surface area (TPSA) is 55.6 Å². The quantitative estimate of drug-likeness (QED) is 0.865. The van der Waals surface area contributed by atoms with E-state index in [1.165, 1.54) is 16.7 Å². The van der Waals surface area contributed by atoms with Gasteiger partial charge in [-0.2, -0.15) is 0 Å². The molecule has 0 saturated carbocycles. The molecule has 1 aliphatic heterocycles. The van der Waals surface area contributed by atoms with E-state index in [0.717, 1.165) is 6.42 Å². The molecule has 2 rings (SSSR count). The monoisotopic (exact) mass is 304 g/mol. The molecule has 4 nitrogen and oxygen atoms in total. The Bertz CT molecular complexity index is 528. The smallest absolute Gasteiger partial charge is 0.410 e. The Morgan fingerprint density at radius 3 is 2.32 bits per heavy atom. The summed E-state index contributed by atoms with van der Waals surface area (Å²) in [4.78, 5) is 13.9. The summed E-state index contributed by atoms with van der Waals surface area (Å²) in [6, 6.07) is 6.54. The van der Waals surface area contributed by atoms with E-state index in [-0.39, 0.29) is 12.1 Å². The van der Waals surface area contributed by atoms with Gasteiger partial charge in [0.15, 0.2) is 0 Å². The Morgan fingerprint density at radius 2 is 1.82 bits per heavy atom. The Hall–Kier alpha value is -1.55. The van der Waals surface area contributed by atoms with Crippen LogP contribution in [0, 0.1) is 13.8 Å². The Balaban J connectivity index is 2.05. The van der Waals surface area contributed by atoms with E-state index in [9.17, 15) is 4.79 Å². The highest BCUT2D eigenvalue weighted by Gasteiger charge is 2.32. The summed E-state index contributed by atoms with van der Waals surface area (Å²) in [5.74, 6) is 0.303. The maximum atomic E-state index is 12.2. The summed E-state index contributed by atoms with van der Waals surface area (Å²) < 4.78 is 5.44. The van der Waals surface area contributed by atoms with Crippen molar-refractivity contribution in [1.82, 2.24) is 4.90 Å². The zero-order valence-electron chi connectivity index (χ0n) is 14.3. The molecular weight excluding hydrogens is 276 g/mol. The van der Waals surface area contributed by atoms with E-state index in [0.29, 0.717) is 19.0 Å². The summed E-state index contributed by atoms with van der Waals surface area (Å²) in [5.41, 5.74) is 9.69. The lowest BCUT2D eigenvalue weighted by Crippen LogP contribution is -2.50. The average Bonchev–Trinajstić information content (AvgIpc) is 2.35. The number of hydrogen-bond acceptors (Lipinski definition) is 3. The minimum Gasteiger partial charge on any atom is -0.444 e. The zero-order chi connectivity index (χ0) is 16.5. The van der Waals surface area contributed by atoms with Crippen molar-refractivity contribution >= 4 is 6.09 Å². The third-order valence-electron chi connectivity index (χ3n) is 3.98. The van der Waals surface area contributed by atoms with Crippen molar-refractivity contribution in [3.8, 4) is 0 Å². The lowest BCUT2D eigenvalue weighted by molar-refractivity contribution is 0.0186. The molecule has 0 bridgehead atoms. The lowest BCUT2D eigenvalue weighted by Gasteiger charge is -2.37. The molecular formula is C18H28N2O2. The van der Waals surface area contributed by atoms with E-state index < -0.39 is 5.60 Å². The highest BCUT2D eigenvalue weighted by molar-refractivity contribution is 5.68. The summed E-state index contributed by atoms with van der Waals surface area (Å²) in [6.07, 6.45) is 0.616. The van der Waals surface area contributed by atoms with E-state index in [2.05, 4.69) is 32.0 Å². The van der Waals surface area contributed by atoms with E-state index in [4.69, 9.17) is 10.5 Å². The van der Waals surface area contributed by atoms with Crippen molar-refractivity contribution in [1.29, 1.82) is 0 Å². The minimum absolute atomic E-state index is 0.0533. The standard InChI is InChI=1S/C18H28N2O2/c1-12-8-13(2)10-14(9-12)15-6-7-20(11-16(15)19)17(21)22-18(3,4)5/h8-10,15-16H,6-7,11,19H2,1-5H3/t15-,16+/m1/s1. The maximum absolute atomic E-state index is 12.2. The molecule has 1 aromatic carbocycles. The largest absolute Gasteiger partial charge is 0.444 e. The van der Waals surface area contributed by atoms with Gasteiger partial charge in [-0.1, -0.05) is 29.3 Å². The van der Waals surface area contributed by atoms with Gasteiger partial charge in [-0.05, 0) is 46.6 Å². The second-order valence-electron chi connectivity index (χ2n) is 7.41. The first kappa shape index (κ1) is 16.8. The van der Waals surface area contributed by atoms with Gasteiger partial charge in [0.25, 0.3) is 0 Å². The van der Waals surface area contributed by atoms with Gasteiger partial charge in [0.05, 0.1) is 0 Å². The number of carbonyl (C=O) groups excluding carboxylic acids is 1. The zero-order valence-corrected chi connectivity index (χ0v) is 14.3. The molecule has 1 heterocycles. The number of nitrogens with zero attached hydrogens (tertiary/aromatic N) is 1. The molecule has 122 valence electrons. The predicted molar refractivity (Wildman–Crippen MR) is 89.1 cm³/mol. The summed E-state index contributed by atoms with van der Waals surface area (Å²) in [5, 5.41) is 0. The predicted octanol–water partition coefficient (Wildman–Crippen LogP) is 3.36. The molecule has 1 fully saturated rings. The molecule has 4 heteroatoms. The maximum Gasteiger partial charge on any atom is 0.410 e. The molecule has 2 N–H and O–H groups in total. The van der Waals surface area contributed by atoms with Crippen LogP contribution in [0.4, 0.5) is 4.79 Å². The lowest BCUT2D eigenvalue weighted by atomic mass is 9.84. The second-order valence-corrected chi connectivity index (χ2v) is 7.41. The third-order valence-corrected chi connectivity index (χ3v) is 3.98. The molecule has 0 aromatic heterocycles. The number of ether oxygens (including phenoxy) is 1. The number of nitrogens with two attached hydrogens (primary N) is 1. The Kier molecular flexibility index (Phi) is 4.81. The van der Waals surface area contributed by atoms with Crippen LogP contribution < -0.4 is 5.73 Å². The van der Waals surface area contributed by atoms with Crippen molar-refractivity contribution in [3.63, 3.8) is 0 Å². The van der Waals surface area contributed by atoms with Crippen LogP contribution in [0.25, 0.3) is 0 Å². The van der Waals surface area contributed by atoms with Crippen molar-refractivity contribution in [2.24, 2.45) is 5.73 Å². The van der Waals surface area contributed by atoms with Gasteiger partial charge in [0, 0.05) is 25.0 Å². The molecule has 0 radical (unpaired) electrons. The minimum atomic E-state index is -0.467. The fraction of sp³-hybridized carbons (Fsp3) is 0.611. The molecule has 1 amide bonds. The number of carbonyl (C=O) groups is 1. The third kappa shape index (κ3) is 4.23. The van der Waals surface area contributed by atoms with Gasteiger partial charge in [-0.25, -0.2) is 4.79 Å². The summed E-state index contributed by atoms with van der Waals surface area (Å²) in [6.45, 7) is 11.1. The number of rotatable bonds is 1. The highest BCUT2D eigenvalue weighted by Crippen LogP contribution is 2.29. The van der Waals surface area contributed by atoms with Crippen molar-refractivity contribution in [3.05, 3.63) is 34.9 Å². The number of likely N-dealkylation sites (tertiary alicyclic amines) is 1. The van der Waals surface area contributed by atoms with Crippen LogP contribution in [0.5, 0.6) is 0 Å². The average molecular weight is 304 g/mol. The van der Waals surface area contributed by atoms with Crippen molar-refractivity contribution in [2.45, 2.75) is 58.6 Å². The number of amides is 1.